The molecule has 1 aliphatic heterocycles. The highest BCUT2D eigenvalue weighted by Gasteiger charge is 2.21. The molecule has 1 atom stereocenters. The van der Waals surface area contributed by atoms with E-state index < -0.39 is 0 Å². The first-order chi connectivity index (χ1) is 7.66. The molecule has 0 aliphatic carbocycles. The van der Waals surface area contributed by atoms with Crippen LogP contribution >= 0.6 is 33.9 Å². The summed E-state index contributed by atoms with van der Waals surface area (Å²) in [7, 11) is 0. The van der Waals surface area contributed by atoms with Gasteiger partial charge >= 0.3 is 0 Å². The van der Waals surface area contributed by atoms with E-state index in [1.54, 1.807) is 11.3 Å². The fraction of sp³-hybridized carbons (Fsp3) is 0.545. The van der Waals surface area contributed by atoms with Gasteiger partial charge in [0.25, 0.3) is 5.91 Å². The van der Waals surface area contributed by atoms with Crippen molar-refractivity contribution in [3.63, 3.8) is 0 Å². The zero-order valence-electron chi connectivity index (χ0n) is 9.11. The second-order valence-corrected chi connectivity index (χ2v) is 6.73. The van der Waals surface area contributed by atoms with Crippen molar-refractivity contribution >= 4 is 39.8 Å². The summed E-state index contributed by atoms with van der Waals surface area (Å²) in [6.07, 6.45) is 1.07. The van der Waals surface area contributed by atoms with Crippen LogP contribution in [0.5, 0.6) is 0 Å². The summed E-state index contributed by atoms with van der Waals surface area (Å²) >= 11 is 3.85. The van der Waals surface area contributed by atoms with Gasteiger partial charge in [0, 0.05) is 25.1 Å². The van der Waals surface area contributed by atoms with E-state index in [4.69, 9.17) is 4.74 Å². The van der Waals surface area contributed by atoms with E-state index in [1.165, 1.54) is 0 Å². The first-order valence-electron chi connectivity index (χ1n) is 5.31. The lowest BCUT2D eigenvalue weighted by atomic mass is 10.2. The topological polar surface area (TPSA) is 29.5 Å². The van der Waals surface area contributed by atoms with Crippen molar-refractivity contribution in [2.75, 3.05) is 19.7 Å². The molecule has 1 amide bonds. The molecule has 5 heteroatoms. The van der Waals surface area contributed by atoms with Gasteiger partial charge in [-0.15, -0.1) is 11.3 Å². The molecule has 0 saturated carbocycles. The monoisotopic (exact) mass is 351 g/mol. The van der Waals surface area contributed by atoms with E-state index in [1.807, 2.05) is 23.3 Å². The predicted molar refractivity (Wildman–Crippen MR) is 73.0 cm³/mol. The summed E-state index contributed by atoms with van der Waals surface area (Å²) in [5.74, 6) is 0.136. The lowest BCUT2D eigenvalue weighted by molar-refractivity contribution is 0.0563. The number of hydrogen-bond acceptors (Lipinski definition) is 3. The van der Waals surface area contributed by atoms with Crippen LogP contribution in [0.1, 0.15) is 23.7 Å². The Hall–Kier alpha value is -0.140. The maximum absolute atomic E-state index is 12.2. The number of ether oxygens (including phenoxy) is 1. The average molecular weight is 351 g/mol. The zero-order chi connectivity index (χ0) is 11.5. The Kier molecular flexibility index (Phi) is 4.21. The van der Waals surface area contributed by atoms with Crippen molar-refractivity contribution in [2.24, 2.45) is 0 Å². The van der Waals surface area contributed by atoms with Crippen molar-refractivity contribution in [1.82, 2.24) is 4.90 Å². The van der Waals surface area contributed by atoms with Gasteiger partial charge in [0.05, 0.1) is 14.6 Å². The third-order valence-corrected chi connectivity index (χ3v) is 4.34. The summed E-state index contributed by atoms with van der Waals surface area (Å²) in [5, 5.41) is 1.93. The van der Waals surface area contributed by atoms with Crippen molar-refractivity contribution in [1.29, 1.82) is 0 Å². The minimum absolute atomic E-state index is 0.136. The van der Waals surface area contributed by atoms with Gasteiger partial charge in [-0.2, -0.15) is 0 Å². The molecule has 0 N–H and O–H groups in total. The molecule has 3 nitrogen and oxygen atoms in total. The fourth-order valence-corrected chi connectivity index (χ4v) is 3.10. The highest BCUT2D eigenvalue weighted by molar-refractivity contribution is 14.1. The summed E-state index contributed by atoms with van der Waals surface area (Å²) in [4.78, 5) is 14.1. The summed E-state index contributed by atoms with van der Waals surface area (Å²) in [6, 6.07) is 1.95. The third-order valence-electron chi connectivity index (χ3n) is 2.55. The Balaban J connectivity index is 2.08. The van der Waals surface area contributed by atoms with E-state index in [0.29, 0.717) is 6.54 Å². The maximum atomic E-state index is 12.2. The molecule has 0 spiro atoms. The van der Waals surface area contributed by atoms with Gasteiger partial charge in [0.1, 0.15) is 0 Å². The van der Waals surface area contributed by atoms with Crippen LogP contribution in [0.15, 0.2) is 11.4 Å². The minimum atomic E-state index is 0.136. The largest absolute Gasteiger partial charge is 0.377 e. The Morgan fingerprint density at radius 3 is 3.19 bits per heavy atom. The summed E-state index contributed by atoms with van der Waals surface area (Å²) in [5.41, 5.74) is 0.809. The third kappa shape index (κ3) is 2.95. The number of carbonyl (C=O) groups excluding carboxylic acids is 1. The molecule has 1 fully saturated rings. The van der Waals surface area contributed by atoms with Crippen molar-refractivity contribution in [3.05, 3.63) is 19.9 Å². The Labute approximate surface area is 113 Å². The van der Waals surface area contributed by atoms with Gasteiger partial charge in [-0.1, -0.05) is 0 Å². The van der Waals surface area contributed by atoms with Crippen LogP contribution in [0.2, 0.25) is 0 Å². The van der Waals surface area contributed by atoms with Crippen molar-refractivity contribution in [3.8, 4) is 0 Å². The number of amides is 1. The molecule has 0 radical (unpaired) electrons. The van der Waals surface area contributed by atoms with Crippen LogP contribution in [0, 0.1) is 2.88 Å². The Bertz CT molecular complexity index is 380. The van der Waals surface area contributed by atoms with Gasteiger partial charge in [0.2, 0.25) is 0 Å². The first-order valence-corrected chi connectivity index (χ1v) is 7.27. The molecule has 0 aromatic carbocycles. The summed E-state index contributed by atoms with van der Waals surface area (Å²) in [6.45, 7) is 4.27. The molecule has 1 aromatic heterocycles. The highest BCUT2D eigenvalue weighted by Crippen LogP contribution is 2.19. The molecule has 1 unspecified atom stereocenters. The molecule has 2 rings (SSSR count). The number of rotatable bonds is 1. The standard InChI is InChI=1S/C11H14INO2S/c1-8-6-13(3-2-4-15-8)11(14)9-5-10(12)16-7-9/h5,7-8H,2-4,6H2,1H3. The van der Waals surface area contributed by atoms with Gasteiger partial charge in [0.15, 0.2) is 0 Å². The normalized spacial score (nSPS) is 21.9. The van der Waals surface area contributed by atoms with Crippen LogP contribution in [0.4, 0.5) is 0 Å². The Morgan fingerprint density at radius 1 is 1.69 bits per heavy atom. The molecular weight excluding hydrogens is 337 g/mol. The molecular formula is C11H14INO2S. The minimum Gasteiger partial charge on any atom is -0.377 e. The second-order valence-electron chi connectivity index (χ2n) is 3.93. The molecule has 2 heterocycles. The van der Waals surface area contributed by atoms with Gasteiger partial charge in [-0.3, -0.25) is 4.79 Å². The number of hydrogen-bond donors (Lipinski definition) is 0. The SMILES string of the molecule is CC1CN(C(=O)c2csc(I)c2)CCCO1. The lowest BCUT2D eigenvalue weighted by Crippen LogP contribution is -2.35. The van der Waals surface area contributed by atoms with E-state index >= 15 is 0 Å². The molecule has 0 bridgehead atoms. The molecule has 1 saturated heterocycles. The quantitative estimate of drug-likeness (QED) is 0.728. The van der Waals surface area contributed by atoms with E-state index in [-0.39, 0.29) is 12.0 Å². The van der Waals surface area contributed by atoms with Crippen LogP contribution in [-0.2, 0) is 4.74 Å². The van der Waals surface area contributed by atoms with Gasteiger partial charge in [-0.25, -0.2) is 0 Å². The van der Waals surface area contributed by atoms with Gasteiger partial charge in [-0.05, 0) is 42.0 Å². The number of halogens is 1. The lowest BCUT2D eigenvalue weighted by Gasteiger charge is -2.21. The second kappa shape index (κ2) is 5.46. The van der Waals surface area contributed by atoms with Crippen LogP contribution in [0.25, 0.3) is 0 Å². The molecule has 88 valence electrons. The van der Waals surface area contributed by atoms with E-state index in [0.717, 1.165) is 28.0 Å². The summed E-state index contributed by atoms with van der Waals surface area (Å²) < 4.78 is 6.68. The van der Waals surface area contributed by atoms with Crippen molar-refractivity contribution < 1.29 is 9.53 Å². The average Bonchev–Trinajstić information content (AvgIpc) is 2.56. The van der Waals surface area contributed by atoms with E-state index in [2.05, 4.69) is 22.6 Å². The number of nitrogens with zero attached hydrogens (tertiary/aromatic N) is 1. The number of thiophene rings is 1. The first kappa shape index (κ1) is 12.3. The molecule has 1 aliphatic rings. The molecule has 16 heavy (non-hydrogen) atoms. The highest BCUT2D eigenvalue weighted by atomic mass is 127. The zero-order valence-corrected chi connectivity index (χ0v) is 12.1. The Morgan fingerprint density at radius 2 is 2.50 bits per heavy atom. The van der Waals surface area contributed by atoms with Crippen LogP contribution < -0.4 is 0 Å². The maximum Gasteiger partial charge on any atom is 0.254 e. The number of carbonyl (C=O) groups is 1. The van der Waals surface area contributed by atoms with Crippen LogP contribution in [-0.4, -0.2) is 36.6 Å². The van der Waals surface area contributed by atoms with Crippen molar-refractivity contribution in [2.45, 2.75) is 19.4 Å². The molecule has 1 aromatic rings. The smallest absolute Gasteiger partial charge is 0.254 e. The van der Waals surface area contributed by atoms with Crippen LogP contribution in [0.3, 0.4) is 0 Å². The van der Waals surface area contributed by atoms with Gasteiger partial charge < -0.3 is 9.64 Å². The van der Waals surface area contributed by atoms with E-state index in [9.17, 15) is 4.79 Å². The fourth-order valence-electron chi connectivity index (χ4n) is 1.78. The predicted octanol–water partition coefficient (Wildman–Crippen LogP) is 2.60.